The van der Waals surface area contributed by atoms with E-state index in [1.807, 2.05) is 36.4 Å². The second-order valence-corrected chi connectivity index (χ2v) is 24.6. The van der Waals surface area contributed by atoms with Crippen LogP contribution in [0, 0.1) is 0 Å². The molecule has 0 fully saturated rings. The Bertz CT molecular complexity index is 5550. The topological polar surface area (TPSA) is 48.5 Å². The van der Waals surface area contributed by atoms with E-state index >= 15 is 0 Å². The van der Waals surface area contributed by atoms with Crippen molar-refractivity contribution in [1.82, 2.24) is 24.1 Å². The van der Waals surface area contributed by atoms with Crippen LogP contribution in [0.25, 0.3) is 144 Å². The minimum Gasteiger partial charge on any atom is -0.309 e. The van der Waals surface area contributed by atoms with Gasteiger partial charge in [-0.05, 0) is 144 Å². The number of rotatable bonds is 6. The van der Waals surface area contributed by atoms with Gasteiger partial charge < -0.3 is 9.13 Å². The zero-order valence-corrected chi connectivity index (χ0v) is 48.4. The Kier molecular flexibility index (Phi) is 10.1. The summed E-state index contributed by atoms with van der Waals surface area (Å²) in [6, 6.07) is 105. The molecule has 19 rings (SSSR count). The van der Waals surface area contributed by atoms with Crippen molar-refractivity contribution in [2.75, 3.05) is 0 Å². The van der Waals surface area contributed by atoms with Gasteiger partial charge in [0.1, 0.15) is 0 Å². The summed E-state index contributed by atoms with van der Waals surface area (Å²) >= 11 is 0. The smallest absolute Gasteiger partial charge is 0.164 e. The van der Waals surface area contributed by atoms with Gasteiger partial charge in [-0.25, -0.2) is 15.0 Å². The second kappa shape index (κ2) is 18.1. The average molecular weight is 1120 g/mol. The molecule has 0 aliphatic heterocycles. The molecular formula is C83H53N5. The quantitative estimate of drug-likeness (QED) is 0.167. The van der Waals surface area contributed by atoms with E-state index < -0.39 is 5.41 Å². The highest BCUT2D eigenvalue weighted by Gasteiger charge is 2.52. The molecule has 1 spiro atoms. The first-order valence-electron chi connectivity index (χ1n) is 30.5. The van der Waals surface area contributed by atoms with Gasteiger partial charge in [0.05, 0.1) is 27.5 Å². The fourth-order valence-electron chi connectivity index (χ4n) is 15.9. The van der Waals surface area contributed by atoms with E-state index in [0.717, 1.165) is 39.1 Å². The maximum Gasteiger partial charge on any atom is 0.164 e. The summed E-state index contributed by atoms with van der Waals surface area (Å²) < 4.78 is 5.00. The summed E-state index contributed by atoms with van der Waals surface area (Å²) in [4.78, 5) is 15.6. The van der Waals surface area contributed by atoms with E-state index in [-0.39, 0.29) is 5.41 Å². The van der Waals surface area contributed by atoms with E-state index in [4.69, 9.17) is 15.0 Å². The summed E-state index contributed by atoms with van der Waals surface area (Å²) in [5.74, 6) is 1.87. The van der Waals surface area contributed by atoms with Crippen LogP contribution >= 0.6 is 0 Å². The third-order valence-electron chi connectivity index (χ3n) is 19.7. The summed E-state index contributed by atoms with van der Waals surface area (Å²) in [5, 5.41) is 7.42. The Morgan fingerprint density at radius 3 is 1.45 bits per heavy atom. The molecule has 0 atom stereocenters. The lowest BCUT2D eigenvalue weighted by molar-refractivity contribution is 0.661. The van der Waals surface area contributed by atoms with Crippen LogP contribution in [0.1, 0.15) is 47.2 Å². The number of para-hydroxylation sites is 1. The maximum absolute atomic E-state index is 5.24. The van der Waals surface area contributed by atoms with Crippen LogP contribution in [0.2, 0.25) is 0 Å². The summed E-state index contributed by atoms with van der Waals surface area (Å²) in [5.41, 5.74) is 27.0. The third kappa shape index (κ3) is 6.67. The Labute approximate surface area is 508 Å². The van der Waals surface area contributed by atoms with Crippen LogP contribution in [0.3, 0.4) is 0 Å². The highest BCUT2D eigenvalue weighted by molar-refractivity contribution is 6.19. The standard InChI is InChI=1S/C83H53N5/c1-82(2)70-41-37-50-21-12-13-30-58(50)76(70)66-48-65-64-47-54(38-43-73(64)87(75(65)49-72(66)82)56-27-10-5-11-28-56)53-39-44-74-63(46-53)61-40-42-71-77(62-33-16-19-36-69(62)83(71)67-34-17-14-31-59(67)60-32-15-18-35-68(60)83)78(61)88(74)57-29-20-26-55(45-57)81-85-79(51-22-6-3-7-23-51)84-80(86-81)52-24-8-4-9-25-52/h3-49H,1-2H3. The van der Waals surface area contributed by atoms with Gasteiger partial charge in [-0.15, -0.1) is 0 Å². The van der Waals surface area contributed by atoms with Crippen LogP contribution < -0.4 is 0 Å². The fraction of sp³-hybridized carbons (Fsp3) is 0.0482. The molecule has 0 N–H and O–H groups in total. The molecule has 13 aromatic carbocycles. The van der Waals surface area contributed by atoms with Gasteiger partial charge in [0, 0.05) is 60.6 Å². The summed E-state index contributed by atoms with van der Waals surface area (Å²) in [6.07, 6.45) is 0. The molecule has 410 valence electrons. The van der Waals surface area contributed by atoms with Crippen molar-refractivity contribution in [3.05, 3.63) is 318 Å². The number of hydrogen-bond acceptors (Lipinski definition) is 3. The molecule has 0 amide bonds. The zero-order chi connectivity index (χ0) is 58.0. The lowest BCUT2D eigenvalue weighted by Crippen LogP contribution is -2.25. The Hall–Kier alpha value is -11.3. The highest BCUT2D eigenvalue weighted by atomic mass is 15.0. The number of aromatic nitrogens is 5. The van der Waals surface area contributed by atoms with Crippen molar-refractivity contribution in [3.63, 3.8) is 0 Å². The molecule has 5 nitrogen and oxygen atoms in total. The van der Waals surface area contributed by atoms with Crippen LogP contribution in [0.5, 0.6) is 0 Å². The molecule has 3 heterocycles. The minimum absolute atomic E-state index is 0.179. The van der Waals surface area contributed by atoms with Crippen molar-refractivity contribution in [1.29, 1.82) is 0 Å². The largest absolute Gasteiger partial charge is 0.309 e. The predicted octanol–water partition coefficient (Wildman–Crippen LogP) is 20.5. The molecule has 5 heteroatoms. The van der Waals surface area contributed by atoms with Gasteiger partial charge in [0.25, 0.3) is 0 Å². The number of nitrogens with zero attached hydrogens (tertiary/aromatic N) is 5. The molecular weight excluding hydrogens is 1070 g/mol. The Balaban J connectivity index is 0.862. The fourth-order valence-corrected chi connectivity index (χ4v) is 15.9. The molecule has 3 aromatic heterocycles. The molecule has 0 saturated carbocycles. The Morgan fingerprint density at radius 1 is 0.273 bits per heavy atom. The second-order valence-electron chi connectivity index (χ2n) is 24.6. The van der Waals surface area contributed by atoms with E-state index in [9.17, 15) is 0 Å². The van der Waals surface area contributed by atoms with Crippen LogP contribution in [-0.4, -0.2) is 24.1 Å². The molecule has 0 radical (unpaired) electrons. The predicted molar refractivity (Wildman–Crippen MR) is 362 cm³/mol. The van der Waals surface area contributed by atoms with Crippen molar-refractivity contribution >= 4 is 54.4 Å². The van der Waals surface area contributed by atoms with E-state index in [2.05, 4.69) is 272 Å². The van der Waals surface area contributed by atoms with Crippen LogP contribution in [0.4, 0.5) is 0 Å². The van der Waals surface area contributed by atoms with E-state index in [0.29, 0.717) is 17.5 Å². The molecule has 0 unspecified atom stereocenters. The first-order valence-corrected chi connectivity index (χ1v) is 30.5. The maximum atomic E-state index is 5.24. The summed E-state index contributed by atoms with van der Waals surface area (Å²) in [6.45, 7) is 4.79. The van der Waals surface area contributed by atoms with Gasteiger partial charge in [-0.3, -0.25) is 0 Å². The van der Waals surface area contributed by atoms with Crippen molar-refractivity contribution < 1.29 is 0 Å². The van der Waals surface area contributed by atoms with Gasteiger partial charge >= 0.3 is 0 Å². The molecule has 3 aliphatic rings. The molecule has 0 saturated heterocycles. The van der Waals surface area contributed by atoms with Gasteiger partial charge in [-0.2, -0.15) is 0 Å². The first kappa shape index (κ1) is 49.0. The molecule has 16 aromatic rings. The van der Waals surface area contributed by atoms with Gasteiger partial charge in [0.2, 0.25) is 0 Å². The Morgan fingerprint density at radius 2 is 0.784 bits per heavy atom. The molecule has 88 heavy (non-hydrogen) atoms. The first-order chi connectivity index (χ1) is 43.4. The zero-order valence-electron chi connectivity index (χ0n) is 48.4. The number of hydrogen-bond donors (Lipinski definition) is 0. The van der Waals surface area contributed by atoms with Crippen molar-refractivity contribution in [2.24, 2.45) is 0 Å². The van der Waals surface area contributed by atoms with E-state index in [1.165, 1.54) is 121 Å². The van der Waals surface area contributed by atoms with E-state index in [1.54, 1.807) is 0 Å². The molecule has 0 bridgehead atoms. The van der Waals surface area contributed by atoms with Crippen LogP contribution in [-0.2, 0) is 10.8 Å². The lowest BCUT2D eigenvalue weighted by Gasteiger charge is -2.30. The third-order valence-corrected chi connectivity index (χ3v) is 19.7. The highest BCUT2D eigenvalue weighted by Crippen LogP contribution is 2.64. The summed E-state index contributed by atoms with van der Waals surface area (Å²) in [7, 11) is 0. The molecule has 3 aliphatic carbocycles. The monoisotopic (exact) mass is 1120 g/mol. The van der Waals surface area contributed by atoms with Crippen molar-refractivity contribution in [2.45, 2.75) is 24.7 Å². The van der Waals surface area contributed by atoms with Gasteiger partial charge in [-0.1, -0.05) is 238 Å². The lowest BCUT2D eigenvalue weighted by atomic mass is 9.70. The SMILES string of the molecule is CC1(C)c2cc3c(cc2-c2c1ccc1ccccc21)c1cc(-c2ccc4c(c2)c2ccc5c(c2n4-c2cccc(-c4nc(-c6ccccc6)nc(-c6ccccc6)n4)c2)-c2ccccc2C52c4ccccc4-c4ccccc42)ccc1n3-c1ccccc1. The number of fused-ring (bicyclic) bond motifs is 22. The average Bonchev–Trinajstić information content (AvgIpc) is 1.51. The number of benzene rings is 13. The van der Waals surface area contributed by atoms with Gasteiger partial charge in [0.15, 0.2) is 17.5 Å². The van der Waals surface area contributed by atoms with Crippen LogP contribution in [0.15, 0.2) is 285 Å². The van der Waals surface area contributed by atoms with Crippen molar-refractivity contribution in [3.8, 4) is 90.0 Å². The normalized spacial score (nSPS) is 13.8. The minimum atomic E-state index is -0.520.